The van der Waals surface area contributed by atoms with Crippen molar-refractivity contribution in [3.05, 3.63) is 52.1 Å². The van der Waals surface area contributed by atoms with Gasteiger partial charge in [0.25, 0.3) is 0 Å². The zero-order valence-corrected chi connectivity index (χ0v) is 14.5. The van der Waals surface area contributed by atoms with E-state index in [1.165, 1.54) is 7.11 Å². The predicted molar refractivity (Wildman–Crippen MR) is 86.8 cm³/mol. The van der Waals surface area contributed by atoms with E-state index in [9.17, 15) is 9.59 Å². The van der Waals surface area contributed by atoms with Gasteiger partial charge in [0.15, 0.2) is 11.9 Å². The molecule has 2 rings (SSSR count). The number of pyridine rings is 1. The summed E-state index contributed by atoms with van der Waals surface area (Å²) in [5, 5.41) is 0. The SMILES string of the molecule is COC(=O)c1c(C)[nH]c(C(=O)[C@@H](C)[n+]2cccc(C)c2C)c1C. The Hall–Kier alpha value is -2.43. The Kier molecular flexibility index (Phi) is 4.68. The number of methoxy groups -OCH3 is 1. The molecule has 0 aliphatic heterocycles. The van der Waals surface area contributed by atoms with Crippen LogP contribution in [0, 0.1) is 27.7 Å². The van der Waals surface area contributed by atoms with Gasteiger partial charge in [0.1, 0.15) is 0 Å². The van der Waals surface area contributed by atoms with Crippen LogP contribution >= 0.6 is 0 Å². The van der Waals surface area contributed by atoms with E-state index in [-0.39, 0.29) is 11.8 Å². The molecule has 1 N–H and O–H groups in total. The summed E-state index contributed by atoms with van der Waals surface area (Å²) in [6.45, 7) is 9.41. The number of ether oxygens (including phenoxy) is 1. The van der Waals surface area contributed by atoms with E-state index in [2.05, 4.69) is 4.98 Å². The first-order valence-electron chi connectivity index (χ1n) is 7.58. The van der Waals surface area contributed by atoms with Crippen LogP contribution in [-0.4, -0.2) is 23.8 Å². The van der Waals surface area contributed by atoms with E-state index in [4.69, 9.17) is 4.74 Å². The number of rotatable bonds is 4. The summed E-state index contributed by atoms with van der Waals surface area (Å²) in [6, 6.07) is 3.58. The van der Waals surface area contributed by atoms with Gasteiger partial charge in [0, 0.05) is 31.2 Å². The Morgan fingerprint density at radius 1 is 1.22 bits per heavy atom. The summed E-state index contributed by atoms with van der Waals surface area (Å²) >= 11 is 0. The number of nitrogens with zero attached hydrogens (tertiary/aromatic N) is 1. The molecule has 5 heteroatoms. The van der Waals surface area contributed by atoms with Gasteiger partial charge in [-0.15, -0.1) is 0 Å². The number of Topliss-reactive ketones (excluding diaryl/α,β-unsaturated/α-hetero) is 1. The van der Waals surface area contributed by atoms with Crippen LogP contribution in [0.5, 0.6) is 0 Å². The van der Waals surface area contributed by atoms with Crippen LogP contribution in [0.2, 0.25) is 0 Å². The average Bonchev–Trinajstić information content (AvgIpc) is 2.82. The van der Waals surface area contributed by atoms with E-state index in [1.54, 1.807) is 13.8 Å². The maximum Gasteiger partial charge on any atom is 0.339 e. The van der Waals surface area contributed by atoms with Gasteiger partial charge in [-0.3, -0.25) is 4.79 Å². The van der Waals surface area contributed by atoms with Crippen LogP contribution in [0.4, 0.5) is 0 Å². The van der Waals surface area contributed by atoms with Crippen molar-refractivity contribution < 1.29 is 18.9 Å². The lowest BCUT2D eigenvalue weighted by molar-refractivity contribution is -0.710. The number of ketones is 1. The van der Waals surface area contributed by atoms with Gasteiger partial charge in [-0.1, -0.05) is 0 Å². The standard InChI is InChI=1S/C18H22N2O3/c1-10-8-7-9-20(13(10)4)14(5)17(21)16-11(2)15(12(3)19-16)18(22)23-6/h7-9,14H,1-6H3/p+1/t14-/m1/s1. The average molecular weight is 315 g/mol. The van der Waals surface area contributed by atoms with Crippen LogP contribution in [0.3, 0.4) is 0 Å². The molecule has 5 nitrogen and oxygen atoms in total. The fourth-order valence-electron chi connectivity index (χ4n) is 2.88. The number of aromatic amines is 1. The Morgan fingerprint density at radius 3 is 2.48 bits per heavy atom. The number of hydrogen-bond acceptors (Lipinski definition) is 3. The van der Waals surface area contributed by atoms with Crippen LogP contribution < -0.4 is 4.57 Å². The normalized spacial score (nSPS) is 12.1. The van der Waals surface area contributed by atoms with Crippen molar-refractivity contribution in [2.45, 2.75) is 40.7 Å². The number of aryl methyl sites for hydroxylation is 2. The van der Waals surface area contributed by atoms with Gasteiger partial charge in [-0.25, -0.2) is 4.79 Å². The van der Waals surface area contributed by atoms with Gasteiger partial charge >= 0.3 is 5.97 Å². The van der Waals surface area contributed by atoms with Crippen LogP contribution in [0.25, 0.3) is 0 Å². The smallest absolute Gasteiger partial charge is 0.339 e. The lowest BCUT2D eigenvalue weighted by Crippen LogP contribution is -2.45. The minimum absolute atomic E-state index is 0.0561. The number of H-pyrrole nitrogens is 1. The molecule has 0 unspecified atom stereocenters. The van der Waals surface area contributed by atoms with Crippen LogP contribution in [0.15, 0.2) is 18.3 Å². The first-order chi connectivity index (χ1) is 10.8. The Balaban J connectivity index is 2.45. The minimum Gasteiger partial charge on any atom is -0.465 e. The molecule has 0 fully saturated rings. The zero-order chi connectivity index (χ0) is 17.3. The monoisotopic (exact) mass is 315 g/mol. The highest BCUT2D eigenvalue weighted by molar-refractivity contribution is 6.02. The largest absolute Gasteiger partial charge is 0.465 e. The van der Waals surface area contributed by atoms with E-state index in [0.29, 0.717) is 22.5 Å². The predicted octanol–water partition coefficient (Wildman–Crippen LogP) is 2.77. The molecular formula is C18H23N2O3+. The first-order valence-corrected chi connectivity index (χ1v) is 7.58. The highest BCUT2D eigenvalue weighted by Crippen LogP contribution is 2.21. The fraction of sp³-hybridized carbons (Fsp3) is 0.389. The van der Waals surface area contributed by atoms with Crippen molar-refractivity contribution >= 4 is 11.8 Å². The van der Waals surface area contributed by atoms with E-state index >= 15 is 0 Å². The first kappa shape index (κ1) is 16.9. The number of esters is 1. The molecule has 2 aromatic heterocycles. The highest BCUT2D eigenvalue weighted by atomic mass is 16.5. The third kappa shape index (κ3) is 2.91. The Bertz CT molecular complexity index is 775. The van der Waals surface area contributed by atoms with Gasteiger partial charge in [-0.2, -0.15) is 4.57 Å². The maximum atomic E-state index is 12.9. The van der Waals surface area contributed by atoms with Crippen molar-refractivity contribution in [3.8, 4) is 0 Å². The Labute approximate surface area is 136 Å². The van der Waals surface area contributed by atoms with Crippen LogP contribution in [0.1, 0.15) is 56.3 Å². The fourth-order valence-corrected chi connectivity index (χ4v) is 2.88. The lowest BCUT2D eigenvalue weighted by atomic mass is 10.0. The number of carbonyl (C=O) groups is 2. The quantitative estimate of drug-likeness (QED) is 0.536. The summed E-state index contributed by atoms with van der Waals surface area (Å²) in [4.78, 5) is 27.8. The molecule has 0 radical (unpaired) electrons. The molecule has 0 saturated carbocycles. The summed E-state index contributed by atoms with van der Waals surface area (Å²) in [5.41, 5.74) is 4.36. The second-order valence-corrected chi connectivity index (χ2v) is 5.84. The summed E-state index contributed by atoms with van der Waals surface area (Å²) in [6.07, 6.45) is 1.90. The molecule has 0 amide bonds. The van der Waals surface area contributed by atoms with Gasteiger partial charge in [0.05, 0.1) is 18.4 Å². The molecule has 2 heterocycles. The summed E-state index contributed by atoms with van der Waals surface area (Å²) in [7, 11) is 1.34. The van der Waals surface area contributed by atoms with E-state index in [0.717, 1.165) is 11.3 Å². The van der Waals surface area contributed by atoms with E-state index in [1.807, 2.05) is 43.7 Å². The van der Waals surface area contributed by atoms with Gasteiger partial charge in [0.2, 0.25) is 11.8 Å². The van der Waals surface area contributed by atoms with Crippen molar-refractivity contribution in [1.82, 2.24) is 4.98 Å². The molecule has 23 heavy (non-hydrogen) atoms. The van der Waals surface area contributed by atoms with Crippen molar-refractivity contribution in [1.29, 1.82) is 0 Å². The summed E-state index contributed by atoms with van der Waals surface area (Å²) < 4.78 is 6.75. The maximum absolute atomic E-state index is 12.9. The molecule has 0 aromatic carbocycles. The van der Waals surface area contributed by atoms with Crippen molar-refractivity contribution in [3.63, 3.8) is 0 Å². The Morgan fingerprint density at radius 2 is 1.87 bits per heavy atom. The molecule has 0 aliphatic carbocycles. The highest BCUT2D eigenvalue weighted by Gasteiger charge is 2.30. The molecule has 0 bridgehead atoms. The zero-order valence-electron chi connectivity index (χ0n) is 14.5. The van der Waals surface area contributed by atoms with E-state index < -0.39 is 5.97 Å². The molecule has 0 spiro atoms. The molecular weight excluding hydrogens is 292 g/mol. The molecule has 0 aliphatic rings. The molecule has 1 atom stereocenters. The van der Waals surface area contributed by atoms with Crippen molar-refractivity contribution in [2.24, 2.45) is 0 Å². The molecule has 122 valence electrons. The van der Waals surface area contributed by atoms with Crippen molar-refractivity contribution in [2.75, 3.05) is 7.11 Å². The third-order valence-corrected chi connectivity index (χ3v) is 4.42. The van der Waals surface area contributed by atoms with Gasteiger partial charge < -0.3 is 9.72 Å². The second-order valence-electron chi connectivity index (χ2n) is 5.84. The lowest BCUT2D eigenvalue weighted by Gasteiger charge is -2.10. The summed E-state index contributed by atoms with van der Waals surface area (Å²) in [5.74, 6) is -0.484. The number of nitrogens with one attached hydrogen (secondary N) is 1. The molecule has 0 saturated heterocycles. The minimum atomic E-state index is -0.428. The van der Waals surface area contributed by atoms with Gasteiger partial charge in [-0.05, 0) is 32.4 Å². The number of hydrogen-bond donors (Lipinski definition) is 1. The number of aromatic nitrogens is 2. The van der Waals surface area contributed by atoms with Crippen LogP contribution in [-0.2, 0) is 4.74 Å². The third-order valence-electron chi connectivity index (χ3n) is 4.42. The number of carbonyl (C=O) groups excluding carboxylic acids is 2. The second kappa shape index (κ2) is 6.36. The topological polar surface area (TPSA) is 63.0 Å². The molecule has 2 aromatic rings.